The van der Waals surface area contributed by atoms with Crippen LogP contribution in [-0.4, -0.2) is 92.6 Å². The Morgan fingerprint density at radius 2 is 2.08 bits per heavy atom. The molecule has 0 bridgehead atoms. The number of carboxylic acid groups (broad SMARTS) is 1. The van der Waals surface area contributed by atoms with Gasteiger partial charge in [0, 0.05) is 66.2 Å². The van der Waals surface area contributed by atoms with E-state index < -0.39 is 6.09 Å². The molecule has 1 rings (SSSR count). The Hall–Kier alpha value is 1.08. The molecule has 0 aromatic rings. The fourth-order valence-corrected chi connectivity index (χ4v) is 0.829. The van der Waals surface area contributed by atoms with Gasteiger partial charge in [-0.2, -0.15) is 5.01 Å². The molecule has 3 N–H and O–H groups in total. The molecule has 0 aromatic heterocycles. The van der Waals surface area contributed by atoms with E-state index in [9.17, 15) is 4.79 Å². The topological polar surface area (TPSA) is 67.8 Å². The van der Waals surface area contributed by atoms with Crippen LogP contribution in [0.5, 0.6) is 0 Å². The average Bonchev–Trinajstić information content (AvgIpc) is 2.11. The first-order chi connectivity index (χ1) is 4.63. The quantitative estimate of drug-likeness (QED) is 0.328. The van der Waals surface area contributed by atoms with Gasteiger partial charge in [0.05, 0.1) is 0 Å². The zero-order valence-electron chi connectivity index (χ0n) is 7.16. The first-order valence-corrected chi connectivity index (χ1v) is 2.86. The van der Waals surface area contributed by atoms with Crippen molar-refractivity contribution in [3.63, 3.8) is 0 Å². The SMILES string of the molecule is CN1NNC(=S)N1C(=O)O.[Na].[Na]. The number of amides is 1. The first kappa shape index (κ1) is 15.5. The van der Waals surface area contributed by atoms with Crippen LogP contribution in [0, 0.1) is 0 Å². The van der Waals surface area contributed by atoms with E-state index in [1.807, 2.05) is 0 Å². The second-order valence-corrected chi connectivity index (χ2v) is 2.05. The van der Waals surface area contributed by atoms with E-state index in [1.54, 1.807) is 0 Å². The van der Waals surface area contributed by atoms with E-state index in [4.69, 9.17) is 5.11 Å². The number of hydrogen-bond acceptors (Lipinski definition) is 4. The van der Waals surface area contributed by atoms with Crippen LogP contribution < -0.4 is 11.0 Å². The molecule has 0 spiro atoms. The molecule has 1 aliphatic heterocycles. The molecule has 1 saturated heterocycles. The number of hydrazine groups is 3. The van der Waals surface area contributed by atoms with Crippen molar-refractivity contribution >= 4 is 82.5 Å². The van der Waals surface area contributed by atoms with Gasteiger partial charge in [-0.1, -0.05) is 0 Å². The maximum Gasteiger partial charge on any atom is 0.430 e. The van der Waals surface area contributed by atoms with Crippen LogP contribution >= 0.6 is 12.2 Å². The smallest absolute Gasteiger partial charge is 0.430 e. The number of thiocarbonyl (C=S) groups is 1. The van der Waals surface area contributed by atoms with Crippen LogP contribution in [0.25, 0.3) is 0 Å². The van der Waals surface area contributed by atoms with Crippen molar-refractivity contribution in [1.82, 2.24) is 21.1 Å². The molecule has 6 nitrogen and oxygen atoms in total. The summed E-state index contributed by atoms with van der Waals surface area (Å²) in [5.41, 5.74) is 4.94. The molecule has 12 heavy (non-hydrogen) atoms. The van der Waals surface area contributed by atoms with Crippen molar-refractivity contribution in [1.29, 1.82) is 0 Å². The number of rotatable bonds is 0. The molecule has 1 fully saturated rings. The third-order valence-corrected chi connectivity index (χ3v) is 1.27. The Bertz CT molecular complexity index is 191. The molecular weight excluding hydrogens is 202 g/mol. The molecule has 0 unspecified atom stereocenters. The summed E-state index contributed by atoms with van der Waals surface area (Å²) in [6.45, 7) is 0. The fraction of sp³-hybridized carbons (Fsp3) is 0.333. The summed E-state index contributed by atoms with van der Waals surface area (Å²) in [6, 6.07) is 0. The molecule has 58 valence electrons. The van der Waals surface area contributed by atoms with Gasteiger partial charge < -0.3 is 5.11 Å². The summed E-state index contributed by atoms with van der Waals surface area (Å²) >= 11 is 4.62. The first-order valence-electron chi connectivity index (χ1n) is 2.45. The molecular formula is C3H6N4Na2O2S. The van der Waals surface area contributed by atoms with E-state index in [1.165, 1.54) is 12.2 Å². The largest absolute Gasteiger partial charge is 0.464 e. The minimum absolute atomic E-state index is 0. The van der Waals surface area contributed by atoms with Crippen molar-refractivity contribution in [3.8, 4) is 0 Å². The monoisotopic (exact) mass is 208 g/mol. The predicted octanol–water partition coefficient (Wildman–Crippen LogP) is -1.64. The third kappa shape index (κ3) is 3.44. The molecule has 0 aromatic carbocycles. The normalized spacial score (nSPS) is 16.1. The van der Waals surface area contributed by atoms with Gasteiger partial charge in [0.25, 0.3) is 0 Å². The van der Waals surface area contributed by atoms with Gasteiger partial charge in [0.2, 0.25) is 5.11 Å². The van der Waals surface area contributed by atoms with Gasteiger partial charge in [-0.25, -0.2) is 4.79 Å². The summed E-state index contributed by atoms with van der Waals surface area (Å²) < 4.78 is 0. The fourth-order valence-electron chi connectivity index (χ4n) is 0.583. The predicted molar refractivity (Wildman–Crippen MR) is 48.0 cm³/mol. The molecule has 1 amide bonds. The second-order valence-electron chi connectivity index (χ2n) is 1.66. The number of hydrogen-bond donors (Lipinski definition) is 3. The third-order valence-electron chi connectivity index (χ3n) is 0.998. The number of nitrogens with zero attached hydrogens (tertiary/aromatic N) is 2. The van der Waals surface area contributed by atoms with Crippen LogP contribution in [0.4, 0.5) is 4.79 Å². The minimum Gasteiger partial charge on any atom is -0.464 e. The average molecular weight is 208 g/mol. The molecule has 1 aliphatic rings. The van der Waals surface area contributed by atoms with Gasteiger partial charge in [0.15, 0.2) is 0 Å². The minimum atomic E-state index is -1.12. The number of carbonyl (C=O) groups is 1. The standard InChI is InChI=1S/C3H6N4O2S.2Na/c1-6-5-4-2(10)7(6)3(8)9;;/h5H,1H3,(H,4,10)(H,8,9);;. The van der Waals surface area contributed by atoms with Crippen molar-refractivity contribution in [2.24, 2.45) is 0 Å². The molecule has 9 heteroatoms. The Morgan fingerprint density at radius 3 is 2.25 bits per heavy atom. The van der Waals surface area contributed by atoms with Gasteiger partial charge in [0.1, 0.15) is 0 Å². The van der Waals surface area contributed by atoms with Crippen LogP contribution in [0.2, 0.25) is 0 Å². The van der Waals surface area contributed by atoms with Crippen molar-refractivity contribution in [2.45, 2.75) is 0 Å². The van der Waals surface area contributed by atoms with E-state index in [-0.39, 0.29) is 64.2 Å². The summed E-state index contributed by atoms with van der Waals surface area (Å²) in [4.78, 5) is 10.3. The van der Waals surface area contributed by atoms with Crippen molar-refractivity contribution in [3.05, 3.63) is 0 Å². The van der Waals surface area contributed by atoms with Gasteiger partial charge >= 0.3 is 6.09 Å². The van der Waals surface area contributed by atoms with Crippen LogP contribution in [0.3, 0.4) is 0 Å². The van der Waals surface area contributed by atoms with Crippen LogP contribution in [-0.2, 0) is 0 Å². The van der Waals surface area contributed by atoms with Crippen LogP contribution in [0.15, 0.2) is 0 Å². The summed E-state index contributed by atoms with van der Waals surface area (Å²) in [5, 5.41) is 10.7. The van der Waals surface area contributed by atoms with Crippen molar-refractivity contribution in [2.75, 3.05) is 7.05 Å². The van der Waals surface area contributed by atoms with Gasteiger partial charge in [-0.05, 0) is 12.2 Å². The van der Waals surface area contributed by atoms with E-state index in [2.05, 4.69) is 23.2 Å². The zero-order chi connectivity index (χ0) is 7.72. The zero-order valence-corrected chi connectivity index (χ0v) is 12.0. The van der Waals surface area contributed by atoms with Gasteiger partial charge in [-0.15, -0.1) is 10.7 Å². The summed E-state index contributed by atoms with van der Waals surface area (Å²) in [5.74, 6) is 0. The Kier molecular flexibility index (Phi) is 8.45. The second kappa shape index (κ2) is 6.52. The molecule has 2 radical (unpaired) electrons. The maximum atomic E-state index is 10.3. The molecule has 1 heterocycles. The molecule has 0 atom stereocenters. The Morgan fingerprint density at radius 1 is 1.58 bits per heavy atom. The summed E-state index contributed by atoms with van der Waals surface area (Å²) in [6.07, 6.45) is -1.12. The van der Waals surface area contributed by atoms with E-state index in [0.717, 1.165) is 5.01 Å². The van der Waals surface area contributed by atoms with Gasteiger partial charge in [-0.3, -0.25) is 5.43 Å². The maximum absolute atomic E-state index is 10.3. The Balaban J connectivity index is 0. The summed E-state index contributed by atoms with van der Waals surface area (Å²) in [7, 11) is 1.53. The molecule has 0 saturated carbocycles. The molecule has 0 aliphatic carbocycles. The van der Waals surface area contributed by atoms with E-state index in [0.29, 0.717) is 0 Å². The van der Waals surface area contributed by atoms with Crippen molar-refractivity contribution < 1.29 is 9.90 Å². The van der Waals surface area contributed by atoms with Crippen LogP contribution in [0.1, 0.15) is 0 Å². The Labute approximate surface area is 119 Å². The number of nitrogens with one attached hydrogen (secondary N) is 2. The van der Waals surface area contributed by atoms with E-state index >= 15 is 0 Å².